The lowest BCUT2D eigenvalue weighted by Gasteiger charge is -2.39. The first-order valence-electron chi connectivity index (χ1n) is 12.6. The van der Waals surface area contributed by atoms with Gasteiger partial charge < -0.3 is 19.0 Å². The zero-order valence-electron chi connectivity index (χ0n) is 21.6. The number of likely N-dealkylation sites (tertiary alicyclic amines) is 1. The van der Waals surface area contributed by atoms with Crippen molar-refractivity contribution < 1.29 is 19.0 Å². The highest BCUT2D eigenvalue weighted by molar-refractivity contribution is 5.48. The standard InChI is InChI=1S/C28H38N2O5/c1-27(2)10-21-11-28(3,16-27)17-30(21)14-22-25(31)20(15-35-26(22)32)13-29-7-6-18-8-23(33-4)24(34-5)9-19(18)12-29/h8-9,15,21,31H,6-7,10-14,16-17H2,1-5H3. The molecule has 1 aromatic heterocycles. The number of nitrogens with zero attached hydrogens (tertiary/aromatic N) is 2. The smallest absolute Gasteiger partial charge is 0.343 e. The Kier molecular flexibility index (Phi) is 6.12. The molecule has 2 aliphatic heterocycles. The van der Waals surface area contributed by atoms with Crippen LogP contribution < -0.4 is 15.1 Å². The van der Waals surface area contributed by atoms with Gasteiger partial charge >= 0.3 is 5.63 Å². The molecule has 1 aromatic carbocycles. The first kappa shape index (κ1) is 24.2. The normalized spacial score (nSPS) is 25.9. The van der Waals surface area contributed by atoms with Gasteiger partial charge in [-0.1, -0.05) is 20.8 Å². The van der Waals surface area contributed by atoms with Crippen LogP contribution in [0.4, 0.5) is 0 Å². The summed E-state index contributed by atoms with van der Waals surface area (Å²) in [5.41, 5.74) is 3.63. The molecule has 2 aromatic rings. The molecule has 0 spiro atoms. The van der Waals surface area contributed by atoms with Crippen molar-refractivity contribution in [1.82, 2.24) is 9.80 Å². The third-order valence-corrected chi connectivity index (χ3v) is 8.22. The Labute approximate surface area is 207 Å². The van der Waals surface area contributed by atoms with E-state index in [1.54, 1.807) is 14.2 Å². The van der Waals surface area contributed by atoms with Gasteiger partial charge in [-0.15, -0.1) is 0 Å². The molecule has 190 valence electrons. The summed E-state index contributed by atoms with van der Waals surface area (Å²) in [7, 11) is 3.30. The van der Waals surface area contributed by atoms with E-state index >= 15 is 0 Å². The Bertz CT molecular complexity index is 1170. The molecule has 2 unspecified atom stereocenters. The fourth-order valence-corrected chi connectivity index (χ4v) is 7.08. The van der Waals surface area contributed by atoms with Gasteiger partial charge in [0.2, 0.25) is 0 Å². The Morgan fingerprint density at radius 2 is 1.80 bits per heavy atom. The van der Waals surface area contributed by atoms with Crippen molar-refractivity contribution in [3.8, 4) is 17.2 Å². The maximum Gasteiger partial charge on any atom is 0.343 e. The minimum Gasteiger partial charge on any atom is -0.507 e. The minimum absolute atomic E-state index is 0.0882. The number of hydrogen-bond donors (Lipinski definition) is 1. The van der Waals surface area contributed by atoms with Crippen LogP contribution in [-0.2, 0) is 26.1 Å². The number of fused-ring (bicyclic) bond motifs is 3. The van der Waals surface area contributed by atoms with Crippen molar-refractivity contribution in [3.63, 3.8) is 0 Å². The van der Waals surface area contributed by atoms with Crippen molar-refractivity contribution in [1.29, 1.82) is 0 Å². The highest BCUT2D eigenvalue weighted by Gasteiger charge is 2.49. The summed E-state index contributed by atoms with van der Waals surface area (Å²) in [5.74, 6) is 1.55. The molecule has 3 heterocycles. The van der Waals surface area contributed by atoms with Gasteiger partial charge in [0.15, 0.2) is 11.5 Å². The summed E-state index contributed by atoms with van der Waals surface area (Å²) in [4.78, 5) is 17.3. The molecule has 2 fully saturated rings. The van der Waals surface area contributed by atoms with Crippen molar-refractivity contribution in [2.75, 3.05) is 27.3 Å². The van der Waals surface area contributed by atoms with Crippen LogP contribution in [0.25, 0.3) is 0 Å². The highest BCUT2D eigenvalue weighted by Crippen LogP contribution is 2.52. The SMILES string of the molecule is COc1cc2c(cc1OC)CN(Cc1coc(=O)c(CN3CC4(C)CC3CC(C)(C)C4)c1O)CC2. The third-order valence-electron chi connectivity index (χ3n) is 8.22. The predicted octanol–water partition coefficient (Wildman–Crippen LogP) is 4.32. The maximum absolute atomic E-state index is 12.7. The van der Waals surface area contributed by atoms with Crippen molar-refractivity contribution in [2.24, 2.45) is 10.8 Å². The number of ether oxygens (including phenoxy) is 2. The van der Waals surface area contributed by atoms with Crippen molar-refractivity contribution in [2.45, 2.75) is 72.1 Å². The molecule has 35 heavy (non-hydrogen) atoms. The first-order valence-corrected chi connectivity index (χ1v) is 12.6. The zero-order chi connectivity index (χ0) is 25.0. The van der Waals surface area contributed by atoms with Crippen LogP contribution in [0, 0.1) is 10.8 Å². The van der Waals surface area contributed by atoms with Gasteiger partial charge in [0.25, 0.3) is 0 Å². The number of hydrogen-bond acceptors (Lipinski definition) is 7. The Morgan fingerprint density at radius 3 is 2.51 bits per heavy atom. The maximum atomic E-state index is 12.7. The quantitative estimate of drug-likeness (QED) is 0.657. The van der Waals surface area contributed by atoms with E-state index in [0.717, 1.165) is 50.4 Å². The fraction of sp³-hybridized carbons (Fsp3) is 0.607. The summed E-state index contributed by atoms with van der Waals surface area (Å²) >= 11 is 0. The monoisotopic (exact) mass is 482 g/mol. The van der Waals surface area contributed by atoms with E-state index in [2.05, 4.69) is 36.6 Å². The average molecular weight is 483 g/mol. The topological polar surface area (TPSA) is 75.4 Å². The Hall–Kier alpha value is -2.51. The van der Waals surface area contributed by atoms with E-state index < -0.39 is 5.63 Å². The molecule has 5 rings (SSSR count). The van der Waals surface area contributed by atoms with Crippen LogP contribution in [0.1, 0.15) is 62.3 Å². The zero-order valence-corrected chi connectivity index (χ0v) is 21.6. The molecule has 7 nitrogen and oxygen atoms in total. The lowest BCUT2D eigenvalue weighted by atomic mass is 9.65. The lowest BCUT2D eigenvalue weighted by Crippen LogP contribution is -2.35. The summed E-state index contributed by atoms with van der Waals surface area (Å²) in [6.45, 7) is 10.5. The van der Waals surface area contributed by atoms with E-state index in [0.29, 0.717) is 35.7 Å². The van der Waals surface area contributed by atoms with E-state index in [9.17, 15) is 9.90 Å². The highest BCUT2D eigenvalue weighted by atomic mass is 16.5. The van der Waals surface area contributed by atoms with Crippen LogP contribution in [0.3, 0.4) is 0 Å². The van der Waals surface area contributed by atoms with Gasteiger partial charge in [-0.05, 0) is 59.8 Å². The number of rotatable bonds is 6. The molecular weight excluding hydrogens is 444 g/mol. The number of aromatic hydroxyl groups is 1. The molecule has 1 aliphatic carbocycles. The van der Waals surface area contributed by atoms with Crippen molar-refractivity contribution >= 4 is 0 Å². The number of methoxy groups -OCH3 is 2. The molecule has 0 radical (unpaired) electrons. The minimum atomic E-state index is -0.432. The lowest BCUT2D eigenvalue weighted by molar-refractivity contribution is 0.126. The number of benzene rings is 1. The molecule has 1 saturated heterocycles. The van der Waals surface area contributed by atoms with Gasteiger partial charge in [0.1, 0.15) is 12.0 Å². The van der Waals surface area contributed by atoms with Crippen LogP contribution in [0.5, 0.6) is 17.2 Å². The molecule has 0 amide bonds. The molecule has 3 aliphatic rings. The second-order valence-corrected chi connectivity index (χ2v) is 11.9. The van der Waals surface area contributed by atoms with Crippen LogP contribution >= 0.6 is 0 Å². The van der Waals surface area contributed by atoms with Gasteiger partial charge in [0.05, 0.1) is 19.8 Å². The van der Waals surface area contributed by atoms with E-state index in [1.165, 1.54) is 23.8 Å². The average Bonchev–Trinajstić information content (AvgIpc) is 3.04. The summed E-state index contributed by atoms with van der Waals surface area (Å²) in [6, 6.07) is 4.53. The van der Waals surface area contributed by atoms with E-state index in [-0.39, 0.29) is 11.2 Å². The van der Waals surface area contributed by atoms with Gasteiger partial charge in [-0.25, -0.2) is 4.79 Å². The summed E-state index contributed by atoms with van der Waals surface area (Å²) in [5, 5.41) is 11.2. The van der Waals surface area contributed by atoms with Crippen LogP contribution in [0.15, 0.2) is 27.6 Å². The van der Waals surface area contributed by atoms with E-state index in [1.807, 2.05) is 6.07 Å². The molecular formula is C28H38N2O5. The summed E-state index contributed by atoms with van der Waals surface area (Å²) < 4.78 is 16.4. The Balaban J connectivity index is 1.34. The second kappa shape index (κ2) is 8.86. The molecule has 1 saturated carbocycles. The molecule has 1 N–H and O–H groups in total. The first-order chi connectivity index (χ1) is 16.6. The van der Waals surface area contributed by atoms with Gasteiger partial charge in [-0.3, -0.25) is 9.80 Å². The predicted molar refractivity (Wildman–Crippen MR) is 134 cm³/mol. The van der Waals surface area contributed by atoms with Gasteiger partial charge in [0, 0.05) is 44.3 Å². The third kappa shape index (κ3) is 4.68. The molecule has 2 atom stereocenters. The fourth-order valence-electron chi connectivity index (χ4n) is 7.08. The largest absolute Gasteiger partial charge is 0.507 e. The second-order valence-electron chi connectivity index (χ2n) is 11.9. The van der Waals surface area contributed by atoms with Gasteiger partial charge in [-0.2, -0.15) is 0 Å². The van der Waals surface area contributed by atoms with E-state index in [4.69, 9.17) is 13.9 Å². The molecule has 2 bridgehead atoms. The van der Waals surface area contributed by atoms with Crippen LogP contribution in [0.2, 0.25) is 0 Å². The molecule has 7 heteroatoms. The van der Waals surface area contributed by atoms with Crippen molar-refractivity contribution in [3.05, 3.63) is 51.1 Å². The van der Waals surface area contributed by atoms with Crippen LogP contribution in [-0.4, -0.2) is 48.3 Å². The Morgan fingerprint density at radius 1 is 1.09 bits per heavy atom. The summed E-state index contributed by atoms with van der Waals surface area (Å²) in [6.07, 6.45) is 5.78.